The number of ketones is 1. The van der Waals surface area contributed by atoms with Crippen LogP contribution in [-0.4, -0.2) is 20.8 Å². The van der Waals surface area contributed by atoms with Crippen molar-refractivity contribution in [3.63, 3.8) is 0 Å². The summed E-state index contributed by atoms with van der Waals surface area (Å²) in [5.41, 5.74) is 0.564. The Morgan fingerprint density at radius 1 is 1.00 bits per heavy atom. The molecule has 6 heteroatoms. The molecule has 0 saturated carbocycles. The molecule has 22 heavy (non-hydrogen) atoms. The van der Waals surface area contributed by atoms with Gasteiger partial charge in [0.25, 0.3) is 0 Å². The molecular formula is C16H19NO4S. The van der Waals surface area contributed by atoms with Crippen molar-refractivity contribution in [1.82, 2.24) is 0 Å². The van der Waals surface area contributed by atoms with Gasteiger partial charge in [0.05, 0.1) is 4.90 Å². The van der Waals surface area contributed by atoms with E-state index >= 15 is 0 Å². The van der Waals surface area contributed by atoms with Gasteiger partial charge in [0.15, 0.2) is 12.4 Å². The van der Waals surface area contributed by atoms with Crippen LogP contribution < -0.4 is 9.88 Å². The van der Waals surface area contributed by atoms with Crippen LogP contribution in [0.3, 0.4) is 0 Å². The molecule has 2 aromatic rings. The molecule has 2 N–H and O–H groups in total. The molecule has 0 aliphatic rings. The number of hydrogen-bond donors (Lipinski definition) is 1. The third kappa shape index (κ3) is 5.31. The summed E-state index contributed by atoms with van der Waals surface area (Å²) in [6, 6.07) is 14.4. The Morgan fingerprint density at radius 2 is 1.55 bits per heavy atom. The minimum atomic E-state index is -3.72. The first-order valence-electron chi connectivity index (χ1n) is 6.81. The number of rotatable bonds is 5. The van der Waals surface area contributed by atoms with Crippen LogP contribution in [0.5, 0.6) is 5.75 Å². The van der Waals surface area contributed by atoms with E-state index in [1.165, 1.54) is 24.3 Å². The molecule has 0 aliphatic heterocycles. The largest absolute Gasteiger partial charge is 0.485 e. The Bertz CT molecular complexity index is 695. The molecule has 0 amide bonds. The van der Waals surface area contributed by atoms with Crippen molar-refractivity contribution in [3.05, 3.63) is 60.2 Å². The first-order chi connectivity index (χ1) is 10.5. The summed E-state index contributed by atoms with van der Waals surface area (Å²) in [7, 11) is -3.72. The van der Waals surface area contributed by atoms with Crippen molar-refractivity contribution < 1.29 is 17.9 Å². The van der Waals surface area contributed by atoms with Gasteiger partial charge in [-0.05, 0) is 24.3 Å². The maximum absolute atomic E-state index is 11.8. The van der Waals surface area contributed by atoms with Gasteiger partial charge in [-0.3, -0.25) is 4.79 Å². The van der Waals surface area contributed by atoms with E-state index in [-0.39, 0.29) is 17.3 Å². The van der Waals surface area contributed by atoms with Gasteiger partial charge >= 0.3 is 0 Å². The molecule has 2 rings (SSSR count). The quantitative estimate of drug-likeness (QED) is 0.858. The number of primary sulfonamides is 1. The van der Waals surface area contributed by atoms with Crippen LogP contribution in [-0.2, 0) is 10.0 Å². The van der Waals surface area contributed by atoms with Gasteiger partial charge in [-0.2, -0.15) is 0 Å². The fraction of sp³-hybridized carbons (Fsp3) is 0.188. The van der Waals surface area contributed by atoms with Gasteiger partial charge in [-0.1, -0.05) is 44.2 Å². The fourth-order valence-corrected chi connectivity index (χ4v) is 2.10. The van der Waals surface area contributed by atoms with Crippen LogP contribution in [0.25, 0.3) is 0 Å². The zero-order chi connectivity index (χ0) is 16.6. The average molecular weight is 321 g/mol. The number of carbonyl (C=O) groups is 1. The van der Waals surface area contributed by atoms with E-state index in [2.05, 4.69) is 0 Å². The van der Waals surface area contributed by atoms with Gasteiger partial charge in [0, 0.05) is 5.56 Å². The summed E-state index contributed by atoms with van der Waals surface area (Å²) in [6.45, 7) is 3.89. The molecule has 0 radical (unpaired) electrons. The Morgan fingerprint density at radius 3 is 2.05 bits per heavy atom. The number of nitrogens with two attached hydrogens (primary N) is 1. The summed E-state index contributed by atoms with van der Waals surface area (Å²) in [5.74, 6) is 0.253. The zero-order valence-electron chi connectivity index (χ0n) is 12.5. The summed E-state index contributed by atoms with van der Waals surface area (Å²) in [4.78, 5) is 11.8. The Hall–Kier alpha value is -2.18. The summed E-state index contributed by atoms with van der Waals surface area (Å²) in [6.07, 6.45) is 0. The van der Waals surface area contributed by atoms with E-state index in [0.29, 0.717) is 11.3 Å². The van der Waals surface area contributed by atoms with Crippen molar-refractivity contribution in [2.45, 2.75) is 18.7 Å². The molecule has 0 aromatic heterocycles. The molecule has 0 heterocycles. The normalized spacial score (nSPS) is 10.3. The minimum absolute atomic E-state index is 0.000707. The smallest absolute Gasteiger partial charge is 0.238 e. The Labute approximate surface area is 130 Å². The number of ether oxygens (including phenoxy) is 1. The van der Waals surface area contributed by atoms with Crippen LogP contribution in [0.15, 0.2) is 59.5 Å². The molecule has 0 unspecified atom stereocenters. The zero-order valence-corrected chi connectivity index (χ0v) is 13.3. The van der Waals surface area contributed by atoms with Crippen LogP contribution >= 0.6 is 0 Å². The van der Waals surface area contributed by atoms with E-state index < -0.39 is 10.0 Å². The Kier molecular flexibility index (Phi) is 6.75. The van der Waals surface area contributed by atoms with Crippen LogP contribution in [0.1, 0.15) is 24.2 Å². The number of Topliss-reactive ketones (excluding diaryl/α,β-unsaturated/α-hetero) is 1. The fourth-order valence-electron chi connectivity index (χ4n) is 1.58. The summed E-state index contributed by atoms with van der Waals surface area (Å²) in [5, 5.41) is 4.98. The lowest BCUT2D eigenvalue weighted by atomic mass is 10.1. The molecule has 0 fully saturated rings. The van der Waals surface area contributed by atoms with Crippen molar-refractivity contribution in [2.24, 2.45) is 5.14 Å². The second kappa shape index (κ2) is 8.31. The predicted molar refractivity (Wildman–Crippen MR) is 85.4 cm³/mol. The lowest BCUT2D eigenvalue weighted by Crippen LogP contribution is -2.13. The summed E-state index contributed by atoms with van der Waals surface area (Å²) >= 11 is 0. The predicted octanol–water partition coefficient (Wildman–Crippen LogP) is 2.62. The van der Waals surface area contributed by atoms with Crippen LogP contribution in [0.2, 0.25) is 0 Å². The Balaban J connectivity index is 0.00000116. The van der Waals surface area contributed by atoms with Gasteiger partial charge < -0.3 is 4.74 Å². The molecule has 0 aliphatic carbocycles. The van der Waals surface area contributed by atoms with Crippen molar-refractivity contribution >= 4 is 15.8 Å². The monoisotopic (exact) mass is 321 g/mol. The molecule has 0 spiro atoms. The first-order valence-corrected chi connectivity index (χ1v) is 8.35. The van der Waals surface area contributed by atoms with Crippen molar-refractivity contribution in [2.75, 3.05) is 6.61 Å². The molecular weight excluding hydrogens is 302 g/mol. The van der Waals surface area contributed by atoms with Gasteiger partial charge in [-0.25, -0.2) is 13.6 Å². The van der Waals surface area contributed by atoms with Gasteiger partial charge in [0.2, 0.25) is 10.0 Å². The third-order valence-electron chi connectivity index (χ3n) is 2.62. The highest BCUT2D eigenvalue weighted by atomic mass is 32.2. The molecule has 118 valence electrons. The molecule has 0 atom stereocenters. The van der Waals surface area contributed by atoms with Gasteiger partial charge in [-0.15, -0.1) is 0 Å². The van der Waals surface area contributed by atoms with Crippen molar-refractivity contribution in [3.8, 4) is 5.75 Å². The molecule has 5 nitrogen and oxygen atoms in total. The van der Waals surface area contributed by atoms with E-state index in [4.69, 9.17) is 9.88 Å². The first kappa shape index (κ1) is 17.9. The highest BCUT2D eigenvalue weighted by Gasteiger charge is 2.09. The topological polar surface area (TPSA) is 86.5 Å². The maximum atomic E-state index is 11.8. The van der Waals surface area contributed by atoms with Gasteiger partial charge in [0.1, 0.15) is 5.75 Å². The lowest BCUT2D eigenvalue weighted by Gasteiger charge is -2.06. The number of benzene rings is 2. The molecule has 0 bridgehead atoms. The lowest BCUT2D eigenvalue weighted by molar-refractivity contribution is 0.0921. The second-order valence-corrected chi connectivity index (χ2v) is 5.66. The molecule has 0 saturated heterocycles. The third-order valence-corrected chi connectivity index (χ3v) is 3.55. The highest BCUT2D eigenvalue weighted by molar-refractivity contribution is 7.89. The minimum Gasteiger partial charge on any atom is -0.485 e. The van der Waals surface area contributed by atoms with Crippen LogP contribution in [0, 0.1) is 0 Å². The summed E-state index contributed by atoms with van der Waals surface area (Å²) < 4.78 is 27.5. The molecule has 2 aromatic carbocycles. The maximum Gasteiger partial charge on any atom is 0.238 e. The number of hydrogen-bond acceptors (Lipinski definition) is 4. The SMILES string of the molecule is CC.NS(=O)(=O)c1ccc(OCC(=O)c2ccccc2)cc1. The van der Waals surface area contributed by atoms with E-state index in [9.17, 15) is 13.2 Å². The van der Waals surface area contributed by atoms with E-state index in [1.807, 2.05) is 19.9 Å². The number of sulfonamides is 1. The van der Waals surface area contributed by atoms with E-state index in [0.717, 1.165) is 0 Å². The average Bonchev–Trinajstić information content (AvgIpc) is 2.55. The number of carbonyl (C=O) groups excluding carboxylic acids is 1. The standard InChI is InChI=1S/C14H13NO4S.C2H6/c15-20(17,18)13-8-6-12(7-9-13)19-10-14(16)11-4-2-1-3-5-11;1-2/h1-9H,10H2,(H2,15,17,18);1-2H3. The highest BCUT2D eigenvalue weighted by Crippen LogP contribution is 2.15. The van der Waals surface area contributed by atoms with Crippen LogP contribution in [0.4, 0.5) is 0 Å². The van der Waals surface area contributed by atoms with Crippen molar-refractivity contribution in [1.29, 1.82) is 0 Å². The second-order valence-electron chi connectivity index (χ2n) is 4.09. The van der Waals surface area contributed by atoms with E-state index in [1.54, 1.807) is 24.3 Å².